The first-order valence-corrected chi connectivity index (χ1v) is 9.28. The fourth-order valence-electron chi connectivity index (χ4n) is 3.23. The molecule has 1 N–H and O–H groups in total. The Balaban J connectivity index is 1.64. The summed E-state index contributed by atoms with van der Waals surface area (Å²) in [5, 5.41) is 13.2. The smallest absolute Gasteiger partial charge is 0.228 e. The fraction of sp³-hybridized carbons (Fsp3) is 0.300. The van der Waals surface area contributed by atoms with E-state index in [1.54, 1.807) is 24.3 Å². The summed E-state index contributed by atoms with van der Waals surface area (Å²) in [6, 6.07) is 14.5. The molecular formula is C20H19Cl2N3O. The second-order valence-corrected chi connectivity index (χ2v) is 7.27. The largest absolute Gasteiger partial charge is 0.326 e. The van der Waals surface area contributed by atoms with Gasteiger partial charge in [0.05, 0.1) is 17.6 Å². The van der Waals surface area contributed by atoms with Crippen LogP contribution in [0.5, 0.6) is 0 Å². The maximum Gasteiger partial charge on any atom is 0.228 e. The number of carbonyl (C=O) groups is 1. The number of hydrogen-bond donors (Lipinski definition) is 1. The molecular weight excluding hydrogens is 369 g/mol. The molecule has 1 aliphatic rings. The third kappa shape index (κ3) is 4.56. The summed E-state index contributed by atoms with van der Waals surface area (Å²) < 4.78 is 0. The van der Waals surface area contributed by atoms with Gasteiger partial charge in [-0.25, -0.2) is 0 Å². The third-order valence-electron chi connectivity index (χ3n) is 4.58. The normalized spacial score (nSPS) is 17.5. The molecule has 2 aromatic rings. The van der Waals surface area contributed by atoms with E-state index in [1.165, 1.54) is 0 Å². The number of hydrogen-bond acceptors (Lipinski definition) is 3. The topological polar surface area (TPSA) is 56.1 Å². The summed E-state index contributed by atoms with van der Waals surface area (Å²) in [4.78, 5) is 14.8. The summed E-state index contributed by atoms with van der Waals surface area (Å²) in [7, 11) is 0. The van der Waals surface area contributed by atoms with Crippen molar-refractivity contribution in [3.8, 4) is 6.07 Å². The first-order chi connectivity index (χ1) is 12.6. The van der Waals surface area contributed by atoms with E-state index in [4.69, 9.17) is 28.5 Å². The fourth-order valence-corrected chi connectivity index (χ4v) is 3.75. The standard InChI is InChI=1S/C20H19Cl2N3O/c21-18-7-2-8-19(22)17(18)13-25-9-3-5-15(12-25)20(26)24-16-6-1-4-14(10-16)11-23/h1-2,4,6-8,10,15H,3,5,9,12-13H2,(H,24,26)/t15-/m0/s1. The van der Waals surface area contributed by atoms with E-state index in [1.807, 2.05) is 18.2 Å². The predicted molar refractivity (Wildman–Crippen MR) is 104 cm³/mol. The summed E-state index contributed by atoms with van der Waals surface area (Å²) in [5.41, 5.74) is 2.08. The number of benzene rings is 2. The Bertz CT molecular complexity index is 827. The molecule has 0 unspecified atom stereocenters. The Hall–Kier alpha value is -2.06. The highest BCUT2D eigenvalue weighted by Gasteiger charge is 2.26. The van der Waals surface area contributed by atoms with E-state index in [0.717, 1.165) is 24.9 Å². The third-order valence-corrected chi connectivity index (χ3v) is 5.29. The van der Waals surface area contributed by atoms with Gasteiger partial charge in [-0.05, 0) is 49.7 Å². The van der Waals surface area contributed by atoms with Crippen molar-refractivity contribution in [3.05, 3.63) is 63.6 Å². The molecule has 1 amide bonds. The van der Waals surface area contributed by atoms with Crippen LogP contribution in [0.3, 0.4) is 0 Å². The Kier molecular flexibility index (Phi) is 6.16. The molecule has 0 saturated carbocycles. The van der Waals surface area contributed by atoms with E-state index >= 15 is 0 Å². The molecule has 0 spiro atoms. The lowest BCUT2D eigenvalue weighted by Gasteiger charge is -2.32. The molecule has 0 radical (unpaired) electrons. The number of nitrogens with one attached hydrogen (secondary N) is 1. The van der Waals surface area contributed by atoms with E-state index < -0.39 is 0 Å². The van der Waals surface area contributed by atoms with Gasteiger partial charge in [0.25, 0.3) is 0 Å². The van der Waals surface area contributed by atoms with Crippen LogP contribution in [0.1, 0.15) is 24.0 Å². The Labute approximate surface area is 163 Å². The maximum atomic E-state index is 12.6. The SMILES string of the molecule is N#Cc1cccc(NC(=O)[C@H]2CCCN(Cc3c(Cl)cccc3Cl)C2)c1. The number of nitriles is 1. The zero-order valence-electron chi connectivity index (χ0n) is 14.2. The lowest BCUT2D eigenvalue weighted by Crippen LogP contribution is -2.40. The molecule has 1 fully saturated rings. The van der Waals surface area contributed by atoms with Crippen LogP contribution in [0.2, 0.25) is 10.0 Å². The quantitative estimate of drug-likeness (QED) is 0.825. The van der Waals surface area contributed by atoms with Crippen LogP contribution in [-0.2, 0) is 11.3 Å². The highest BCUT2D eigenvalue weighted by atomic mass is 35.5. The van der Waals surface area contributed by atoms with Crippen LogP contribution in [0, 0.1) is 17.2 Å². The molecule has 1 atom stereocenters. The van der Waals surface area contributed by atoms with Gasteiger partial charge in [0.2, 0.25) is 5.91 Å². The Morgan fingerprint density at radius 3 is 2.69 bits per heavy atom. The van der Waals surface area contributed by atoms with Crippen LogP contribution >= 0.6 is 23.2 Å². The molecule has 0 aliphatic carbocycles. The zero-order chi connectivity index (χ0) is 18.5. The van der Waals surface area contributed by atoms with Gasteiger partial charge in [0.1, 0.15) is 0 Å². The monoisotopic (exact) mass is 387 g/mol. The van der Waals surface area contributed by atoms with Gasteiger partial charge < -0.3 is 5.32 Å². The highest BCUT2D eigenvalue weighted by molar-refractivity contribution is 6.35. The van der Waals surface area contributed by atoms with Gasteiger partial charge in [0, 0.05) is 34.4 Å². The number of anilines is 1. The summed E-state index contributed by atoms with van der Waals surface area (Å²) >= 11 is 12.5. The lowest BCUT2D eigenvalue weighted by atomic mass is 9.96. The number of nitrogens with zero attached hydrogens (tertiary/aromatic N) is 2. The van der Waals surface area contributed by atoms with Crippen LogP contribution in [0.15, 0.2) is 42.5 Å². The Morgan fingerprint density at radius 1 is 1.23 bits per heavy atom. The average molecular weight is 388 g/mol. The van der Waals surface area contributed by atoms with Crippen molar-refractivity contribution in [1.29, 1.82) is 5.26 Å². The van der Waals surface area contributed by atoms with Gasteiger partial charge >= 0.3 is 0 Å². The summed E-state index contributed by atoms with van der Waals surface area (Å²) in [6.07, 6.45) is 1.79. The van der Waals surface area contributed by atoms with Crippen LogP contribution in [0.4, 0.5) is 5.69 Å². The molecule has 26 heavy (non-hydrogen) atoms. The summed E-state index contributed by atoms with van der Waals surface area (Å²) in [6.45, 7) is 2.20. The molecule has 1 aliphatic heterocycles. The molecule has 3 rings (SSSR count). The van der Waals surface area contributed by atoms with Crippen molar-refractivity contribution in [1.82, 2.24) is 4.90 Å². The Morgan fingerprint density at radius 2 is 1.96 bits per heavy atom. The molecule has 1 saturated heterocycles. The molecule has 0 bridgehead atoms. The second-order valence-electron chi connectivity index (χ2n) is 6.46. The molecule has 2 aromatic carbocycles. The molecule has 1 heterocycles. The van der Waals surface area contributed by atoms with Crippen molar-refractivity contribution in [2.24, 2.45) is 5.92 Å². The first-order valence-electron chi connectivity index (χ1n) is 8.53. The van der Waals surface area contributed by atoms with Gasteiger partial charge in [-0.3, -0.25) is 9.69 Å². The van der Waals surface area contributed by atoms with Crippen molar-refractivity contribution in [3.63, 3.8) is 0 Å². The van der Waals surface area contributed by atoms with Crippen LogP contribution in [-0.4, -0.2) is 23.9 Å². The second kappa shape index (κ2) is 8.55. The zero-order valence-corrected chi connectivity index (χ0v) is 15.7. The molecule has 0 aromatic heterocycles. The minimum atomic E-state index is -0.101. The first kappa shape index (κ1) is 18.7. The van der Waals surface area contributed by atoms with E-state index in [-0.39, 0.29) is 11.8 Å². The number of amides is 1. The minimum absolute atomic E-state index is 0.0185. The van der Waals surface area contributed by atoms with Crippen molar-refractivity contribution in [2.45, 2.75) is 19.4 Å². The van der Waals surface area contributed by atoms with E-state index in [9.17, 15) is 4.79 Å². The van der Waals surface area contributed by atoms with Crippen LogP contribution < -0.4 is 5.32 Å². The van der Waals surface area contributed by atoms with Gasteiger partial charge in [0.15, 0.2) is 0 Å². The minimum Gasteiger partial charge on any atom is -0.326 e. The molecule has 4 nitrogen and oxygen atoms in total. The average Bonchev–Trinajstić information content (AvgIpc) is 2.65. The van der Waals surface area contributed by atoms with Gasteiger partial charge in [-0.15, -0.1) is 0 Å². The van der Waals surface area contributed by atoms with E-state index in [2.05, 4.69) is 16.3 Å². The van der Waals surface area contributed by atoms with Gasteiger partial charge in [-0.2, -0.15) is 5.26 Å². The number of likely N-dealkylation sites (tertiary alicyclic amines) is 1. The molecule has 6 heteroatoms. The van der Waals surface area contributed by atoms with Crippen molar-refractivity contribution in [2.75, 3.05) is 18.4 Å². The van der Waals surface area contributed by atoms with E-state index in [0.29, 0.717) is 34.4 Å². The van der Waals surface area contributed by atoms with Crippen LogP contribution in [0.25, 0.3) is 0 Å². The van der Waals surface area contributed by atoms with Gasteiger partial charge in [-0.1, -0.05) is 35.3 Å². The number of carbonyl (C=O) groups excluding carboxylic acids is 1. The van der Waals surface area contributed by atoms with Crippen molar-refractivity contribution >= 4 is 34.8 Å². The predicted octanol–water partition coefficient (Wildman–Crippen LogP) is 4.72. The summed E-state index contributed by atoms with van der Waals surface area (Å²) in [5.74, 6) is -0.120. The number of halogens is 2. The molecule has 134 valence electrons. The lowest BCUT2D eigenvalue weighted by molar-refractivity contribution is -0.121. The highest BCUT2D eigenvalue weighted by Crippen LogP contribution is 2.28. The van der Waals surface area contributed by atoms with Crippen molar-refractivity contribution < 1.29 is 4.79 Å². The number of piperidine rings is 1. The maximum absolute atomic E-state index is 12.6. The number of rotatable bonds is 4.